The van der Waals surface area contributed by atoms with E-state index in [1.54, 1.807) is 23.6 Å². The fourth-order valence-corrected chi connectivity index (χ4v) is 4.14. The molecule has 1 aromatic heterocycles. The molecule has 4 rings (SSSR count). The number of primary amides is 1. The van der Waals surface area contributed by atoms with Crippen LogP contribution < -0.4 is 25.4 Å². The van der Waals surface area contributed by atoms with E-state index in [2.05, 4.69) is 5.32 Å². The predicted octanol–water partition coefficient (Wildman–Crippen LogP) is 1.15. The molecule has 0 saturated carbocycles. The van der Waals surface area contributed by atoms with E-state index in [0.717, 1.165) is 11.3 Å². The standard InChI is InChI=1S/C20H19N3O7S/c21-18(26)13-3-6-31-19(13)22-16(24)10-30-20(27)11-7-17(25)23(9-11)12-1-2-14-15(8-12)29-5-4-28-14/h1-3,6,8,11H,4-5,7,9-10H2,(H2,21,26)(H,22,24)/t11-/m1/s1. The molecule has 2 aliphatic heterocycles. The topological polar surface area (TPSA) is 137 Å². The van der Waals surface area contributed by atoms with E-state index in [-0.39, 0.29) is 29.4 Å². The second-order valence-corrected chi connectivity index (χ2v) is 7.83. The lowest BCUT2D eigenvalue weighted by molar-refractivity contribution is -0.151. The zero-order valence-electron chi connectivity index (χ0n) is 16.3. The van der Waals surface area contributed by atoms with Gasteiger partial charge in [0.15, 0.2) is 18.1 Å². The van der Waals surface area contributed by atoms with Gasteiger partial charge in [0.2, 0.25) is 5.91 Å². The molecule has 10 nitrogen and oxygen atoms in total. The van der Waals surface area contributed by atoms with Gasteiger partial charge in [0.05, 0.1) is 11.5 Å². The van der Waals surface area contributed by atoms with Gasteiger partial charge < -0.3 is 30.2 Å². The zero-order chi connectivity index (χ0) is 22.0. The normalized spacial score (nSPS) is 17.4. The van der Waals surface area contributed by atoms with Crippen LogP contribution in [0.5, 0.6) is 11.5 Å². The highest BCUT2D eigenvalue weighted by atomic mass is 32.1. The summed E-state index contributed by atoms with van der Waals surface area (Å²) in [5, 5.41) is 4.38. The van der Waals surface area contributed by atoms with Crippen LogP contribution in [0.25, 0.3) is 0 Å². The largest absolute Gasteiger partial charge is 0.486 e. The third-order valence-corrected chi connectivity index (χ3v) is 5.65. The number of ether oxygens (including phenoxy) is 3. The van der Waals surface area contributed by atoms with Crippen LogP contribution in [0.3, 0.4) is 0 Å². The smallest absolute Gasteiger partial charge is 0.311 e. The summed E-state index contributed by atoms with van der Waals surface area (Å²) in [6.07, 6.45) is -0.0222. The summed E-state index contributed by atoms with van der Waals surface area (Å²) < 4.78 is 16.1. The van der Waals surface area contributed by atoms with Crippen molar-refractivity contribution in [2.75, 3.05) is 36.6 Å². The molecule has 2 aromatic rings. The minimum atomic E-state index is -0.698. The molecule has 3 heterocycles. The molecule has 1 fully saturated rings. The van der Waals surface area contributed by atoms with Crippen LogP contribution in [-0.2, 0) is 19.1 Å². The highest BCUT2D eigenvalue weighted by Gasteiger charge is 2.37. The number of rotatable bonds is 6. The van der Waals surface area contributed by atoms with Gasteiger partial charge >= 0.3 is 5.97 Å². The van der Waals surface area contributed by atoms with Crippen LogP contribution in [0.1, 0.15) is 16.8 Å². The van der Waals surface area contributed by atoms with Gasteiger partial charge in [0.1, 0.15) is 18.2 Å². The number of fused-ring (bicyclic) bond motifs is 1. The fraction of sp³-hybridized carbons (Fsp3) is 0.300. The van der Waals surface area contributed by atoms with Gasteiger partial charge in [-0.2, -0.15) is 0 Å². The van der Waals surface area contributed by atoms with Crippen molar-refractivity contribution in [2.24, 2.45) is 11.7 Å². The molecule has 1 saturated heterocycles. The second-order valence-electron chi connectivity index (χ2n) is 6.92. The number of nitrogens with one attached hydrogen (secondary N) is 1. The highest BCUT2D eigenvalue weighted by Crippen LogP contribution is 2.36. The number of carbonyl (C=O) groups is 4. The van der Waals surface area contributed by atoms with Crippen LogP contribution >= 0.6 is 11.3 Å². The van der Waals surface area contributed by atoms with Crippen molar-refractivity contribution in [3.05, 3.63) is 35.2 Å². The number of esters is 1. The van der Waals surface area contributed by atoms with E-state index >= 15 is 0 Å². The van der Waals surface area contributed by atoms with Gasteiger partial charge in [-0.15, -0.1) is 11.3 Å². The summed E-state index contributed by atoms with van der Waals surface area (Å²) >= 11 is 1.13. The third kappa shape index (κ3) is 4.45. The summed E-state index contributed by atoms with van der Waals surface area (Å²) in [5.74, 6) is -1.70. The summed E-state index contributed by atoms with van der Waals surface area (Å²) in [6, 6.07) is 6.64. The summed E-state index contributed by atoms with van der Waals surface area (Å²) in [7, 11) is 0. The monoisotopic (exact) mass is 445 g/mol. The molecule has 0 spiro atoms. The summed E-state index contributed by atoms with van der Waals surface area (Å²) in [6.45, 7) is 0.486. The Bertz CT molecular complexity index is 1050. The molecule has 31 heavy (non-hydrogen) atoms. The van der Waals surface area contributed by atoms with Gasteiger partial charge in [0, 0.05) is 24.7 Å². The SMILES string of the molecule is NC(=O)c1ccsc1NC(=O)COC(=O)[C@@H]1CC(=O)N(c2ccc3c(c2)OCCO3)C1. The van der Waals surface area contributed by atoms with Crippen molar-refractivity contribution in [1.82, 2.24) is 0 Å². The molecule has 11 heteroatoms. The molecule has 0 unspecified atom stereocenters. The molecule has 2 aliphatic rings. The lowest BCUT2D eigenvalue weighted by atomic mass is 10.1. The Morgan fingerprint density at radius 3 is 2.74 bits per heavy atom. The zero-order valence-corrected chi connectivity index (χ0v) is 17.1. The number of anilines is 2. The maximum atomic E-state index is 12.4. The first-order valence-electron chi connectivity index (χ1n) is 9.46. The molecular weight excluding hydrogens is 426 g/mol. The number of amides is 3. The Balaban J connectivity index is 1.32. The van der Waals surface area contributed by atoms with Crippen LogP contribution in [-0.4, -0.2) is 50.1 Å². The quantitative estimate of drug-likeness (QED) is 0.636. The van der Waals surface area contributed by atoms with Crippen LogP contribution in [0.2, 0.25) is 0 Å². The number of hydrogen-bond donors (Lipinski definition) is 2. The Kier molecular flexibility index (Phi) is 5.76. The number of thiophene rings is 1. The second kappa shape index (κ2) is 8.64. The van der Waals surface area contributed by atoms with E-state index in [0.29, 0.717) is 30.4 Å². The number of hydrogen-bond acceptors (Lipinski definition) is 8. The number of benzene rings is 1. The average Bonchev–Trinajstić information content (AvgIpc) is 3.38. The van der Waals surface area contributed by atoms with Crippen molar-refractivity contribution in [3.8, 4) is 11.5 Å². The maximum absolute atomic E-state index is 12.4. The van der Waals surface area contributed by atoms with Gasteiger partial charge in [-0.3, -0.25) is 19.2 Å². The molecule has 3 amide bonds. The van der Waals surface area contributed by atoms with E-state index in [1.165, 1.54) is 11.0 Å². The third-order valence-electron chi connectivity index (χ3n) is 4.82. The molecule has 3 N–H and O–H groups in total. The van der Waals surface area contributed by atoms with Crippen molar-refractivity contribution >= 4 is 45.7 Å². The Hall–Kier alpha value is -3.60. The van der Waals surface area contributed by atoms with Crippen molar-refractivity contribution in [3.63, 3.8) is 0 Å². The average molecular weight is 445 g/mol. The minimum Gasteiger partial charge on any atom is -0.486 e. The predicted molar refractivity (Wildman–Crippen MR) is 110 cm³/mol. The van der Waals surface area contributed by atoms with Crippen LogP contribution in [0, 0.1) is 5.92 Å². The fourth-order valence-electron chi connectivity index (χ4n) is 3.33. The Morgan fingerprint density at radius 2 is 1.97 bits per heavy atom. The van der Waals surface area contributed by atoms with E-state index in [1.807, 2.05) is 0 Å². The lowest BCUT2D eigenvalue weighted by Crippen LogP contribution is -2.28. The molecule has 0 aliphatic carbocycles. The molecule has 0 radical (unpaired) electrons. The highest BCUT2D eigenvalue weighted by molar-refractivity contribution is 7.14. The molecule has 162 valence electrons. The Morgan fingerprint density at radius 1 is 1.19 bits per heavy atom. The van der Waals surface area contributed by atoms with E-state index in [4.69, 9.17) is 19.9 Å². The van der Waals surface area contributed by atoms with Crippen molar-refractivity contribution in [2.45, 2.75) is 6.42 Å². The molecule has 1 atom stereocenters. The van der Waals surface area contributed by atoms with Crippen LogP contribution in [0.4, 0.5) is 10.7 Å². The van der Waals surface area contributed by atoms with E-state index < -0.39 is 30.3 Å². The first-order chi connectivity index (χ1) is 14.9. The van der Waals surface area contributed by atoms with Gasteiger partial charge in [-0.25, -0.2) is 0 Å². The van der Waals surface area contributed by atoms with Gasteiger partial charge in [0.25, 0.3) is 11.8 Å². The molecule has 0 bridgehead atoms. The first kappa shape index (κ1) is 20.7. The summed E-state index contributed by atoms with van der Waals surface area (Å²) in [4.78, 5) is 49.7. The van der Waals surface area contributed by atoms with Gasteiger partial charge in [-0.05, 0) is 23.6 Å². The van der Waals surface area contributed by atoms with E-state index in [9.17, 15) is 19.2 Å². The van der Waals surface area contributed by atoms with Crippen molar-refractivity contribution in [1.29, 1.82) is 0 Å². The van der Waals surface area contributed by atoms with Gasteiger partial charge in [-0.1, -0.05) is 0 Å². The number of carbonyl (C=O) groups excluding carboxylic acids is 4. The maximum Gasteiger partial charge on any atom is 0.311 e. The van der Waals surface area contributed by atoms with Crippen LogP contribution in [0.15, 0.2) is 29.6 Å². The molecule has 1 aromatic carbocycles. The first-order valence-corrected chi connectivity index (χ1v) is 10.3. The number of nitrogens with two attached hydrogens (primary N) is 1. The lowest BCUT2D eigenvalue weighted by Gasteiger charge is -2.22. The minimum absolute atomic E-state index is 0.0222. The number of nitrogens with zero attached hydrogens (tertiary/aromatic N) is 1. The molecular formula is C20H19N3O7S. The van der Waals surface area contributed by atoms with Crippen molar-refractivity contribution < 1.29 is 33.4 Å². The Labute approximate surface area is 180 Å². The summed E-state index contributed by atoms with van der Waals surface area (Å²) in [5.41, 5.74) is 6.01.